The maximum absolute atomic E-state index is 14.6. The maximum atomic E-state index is 14.6. The molecule has 3 aromatic rings. The number of piperazine rings is 1. The Morgan fingerprint density at radius 1 is 0.961 bits per heavy atom. The molecular formula is C39H53FN6O4S. The number of likely N-dealkylation sites (tertiary alicyclic amines) is 1. The lowest BCUT2D eigenvalue weighted by molar-refractivity contribution is -0.0422. The molecule has 51 heavy (non-hydrogen) atoms. The molecule has 0 radical (unpaired) electrons. The van der Waals surface area contributed by atoms with Crippen molar-refractivity contribution in [1.29, 1.82) is 0 Å². The summed E-state index contributed by atoms with van der Waals surface area (Å²) < 4.78 is 42.3. The van der Waals surface area contributed by atoms with Gasteiger partial charge in [0, 0.05) is 63.4 Å². The highest BCUT2D eigenvalue weighted by Crippen LogP contribution is 2.41. The number of hydrogen-bond donors (Lipinski definition) is 0. The van der Waals surface area contributed by atoms with Crippen LogP contribution in [0.1, 0.15) is 91.3 Å². The Morgan fingerprint density at radius 2 is 1.67 bits per heavy atom. The van der Waals surface area contributed by atoms with Crippen molar-refractivity contribution in [2.45, 2.75) is 95.7 Å². The topological polar surface area (TPSA) is 91.2 Å². The Balaban J connectivity index is 0.983. The normalized spacial score (nSPS) is 23.3. The van der Waals surface area contributed by atoms with Crippen LogP contribution < -0.4 is 4.84 Å². The molecule has 2 aromatic carbocycles. The fourth-order valence-corrected chi connectivity index (χ4v) is 10.6. The van der Waals surface area contributed by atoms with Crippen LogP contribution in [0.15, 0.2) is 54.6 Å². The highest BCUT2D eigenvalue weighted by atomic mass is 32.2. The second-order valence-electron chi connectivity index (χ2n) is 15.5. The minimum absolute atomic E-state index is 0.00807. The molecule has 3 aliphatic heterocycles. The van der Waals surface area contributed by atoms with E-state index in [0.717, 1.165) is 75.0 Å². The third-order valence-electron chi connectivity index (χ3n) is 12.0. The van der Waals surface area contributed by atoms with Crippen molar-refractivity contribution in [2.24, 2.45) is 5.92 Å². The average molecular weight is 721 g/mol. The van der Waals surface area contributed by atoms with Crippen molar-refractivity contribution in [3.05, 3.63) is 88.5 Å². The molecule has 12 heteroatoms. The van der Waals surface area contributed by atoms with Gasteiger partial charge in [0.25, 0.3) is 5.91 Å². The number of hydrogen-bond acceptors (Lipinski definition) is 7. The van der Waals surface area contributed by atoms with Gasteiger partial charge in [0.1, 0.15) is 12.4 Å². The Morgan fingerprint density at radius 3 is 2.31 bits per heavy atom. The van der Waals surface area contributed by atoms with E-state index in [1.807, 2.05) is 55.1 Å². The van der Waals surface area contributed by atoms with Gasteiger partial charge in [-0.2, -0.15) is 0 Å². The molecule has 1 aromatic heterocycles. The molecule has 4 heterocycles. The first-order chi connectivity index (χ1) is 24.4. The molecular weight excluding hydrogens is 668 g/mol. The molecule has 7 rings (SSSR count). The van der Waals surface area contributed by atoms with Gasteiger partial charge in [-0.15, -0.1) is 9.94 Å². The van der Waals surface area contributed by atoms with Crippen LogP contribution in [0.5, 0.6) is 0 Å². The van der Waals surface area contributed by atoms with Crippen LogP contribution in [0.2, 0.25) is 0 Å². The van der Waals surface area contributed by atoms with Crippen LogP contribution in [0.3, 0.4) is 0 Å². The van der Waals surface area contributed by atoms with Gasteiger partial charge in [0.2, 0.25) is 10.0 Å². The zero-order valence-corrected chi connectivity index (χ0v) is 31.3. The van der Waals surface area contributed by atoms with E-state index >= 15 is 0 Å². The Bertz CT molecular complexity index is 1800. The summed E-state index contributed by atoms with van der Waals surface area (Å²) in [7, 11) is -3.19. The first-order valence-electron chi connectivity index (χ1n) is 18.7. The van der Waals surface area contributed by atoms with Crippen molar-refractivity contribution in [3.8, 4) is 0 Å². The number of benzene rings is 2. The zero-order chi connectivity index (χ0) is 35.9. The van der Waals surface area contributed by atoms with Crippen molar-refractivity contribution in [3.63, 3.8) is 0 Å². The Hall–Kier alpha value is -3.32. The van der Waals surface area contributed by atoms with Gasteiger partial charge in [-0.05, 0) is 95.4 Å². The summed E-state index contributed by atoms with van der Waals surface area (Å²) >= 11 is 0. The standard InChI is InChI=1S/C39H53FN6O4S/c1-28-26-43(23-24-45(28)37(33-11-8-12-34(40)25-33)32-15-19-44(20-16-32)51(48,49)35-13-14-35)39(4)17-21-42(22-18-39)38(47)36-29(2)41-46(30(36)3)50-27-31-9-6-5-7-10-31/h5-12,25,28,32,35,37H,13-24,26-27H2,1-4H3/t28?,37-/m1/s1. The number of carbonyl (C=O) groups is 1. The fraction of sp³-hybridized carbons (Fsp3) is 0.590. The largest absolute Gasteiger partial charge is 0.392 e. The summed E-state index contributed by atoms with van der Waals surface area (Å²) in [6.45, 7) is 13.8. The summed E-state index contributed by atoms with van der Waals surface area (Å²) in [6, 6.07) is 17.2. The number of aryl methyl sites for hydroxylation is 1. The van der Waals surface area contributed by atoms with E-state index in [1.165, 1.54) is 10.9 Å². The van der Waals surface area contributed by atoms with Crippen LogP contribution >= 0.6 is 0 Å². The molecule has 1 aliphatic carbocycles. The van der Waals surface area contributed by atoms with E-state index in [4.69, 9.17) is 4.84 Å². The highest BCUT2D eigenvalue weighted by Gasteiger charge is 2.45. The van der Waals surface area contributed by atoms with E-state index in [1.54, 1.807) is 16.4 Å². The molecule has 10 nitrogen and oxygen atoms in total. The van der Waals surface area contributed by atoms with Crippen LogP contribution in [-0.2, 0) is 16.6 Å². The molecule has 1 amide bonds. The number of piperidine rings is 2. The summed E-state index contributed by atoms with van der Waals surface area (Å²) in [5.74, 6) is 0.0220. The van der Waals surface area contributed by atoms with Crippen LogP contribution in [0.25, 0.3) is 0 Å². The lowest BCUT2D eigenvalue weighted by Gasteiger charge is -2.54. The van der Waals surface area contributed by atoms with Crippen molar-refractivity contribution >= 4 is 15.9 Å². The number of sulfonamides is 1. The van der Waals surface area contributed by atoms with Crippen molar-refractivity contribution in [2.75, 3.05) is 45.8 Å². The van der Waals surface area contributed by atoms with E-state index in [-0.39, 0.29) is 40.5 Å². The third-order valence-corrected chi connectivity index (χ3v) is 14.4. The van der Waals surface area contributed by atoms with Crippen molar-refractivity contribution < 1.29 is 22.4 Å². The van der Waals surface area contributed by atoms with E-state index in [0.29, 0.717) is 44.0 Å². The second-order valence-corrected chi connectivity index (χ2v) is 17.7. The minimum Gasteiger partial charge on any atom is -0.392 e. The van der Waals surface area contributed by atoms with Gasteiger partial charge < -0.3 is 9.74 Å². The van der Waals surface area contributed by atoms with Gasteiger partial charge in [0.15, 0.2) is 0 Å². The average Bonchev–Trinajstić information content (AvgIpc) is 3.95. The Labute approximate surface area is 302 Å². The molecule has 0 bridgehead atoms. The molecule has 4 aliphatic rings. The first kappa shape index (κ1) is 36.1. The number of nitrogens with zero attached hydrogens (tertiary/aromatic N) is 6. The van der Waals surface area contributed by atoms with Crippen LogP contribution in [0, 0.1) is 25.6 Å². The van der Waals surface area contributed by atoms with Crippen LogP contribution in [0.4, 0.5) is 4.39 Å². The SMILES string of the molecule is Cc1nn(OCc2ccccc2)c(C)c1C(=O)N1CCC(C)(N2CCN([C@@H](c3cccc(F)c3)C3CCN(S(=O)(=O)C4CC4)CC3)C(C)C2)CC1. The van der Waals surface area contributed by atoms with Crippen molar-refractivity contribution in [1.82, 2.24) is 28.9 Å². The lowest BCUT2D eigenvalue weighted by atomic mass is 9.82. The number of aromatic nitrogens is 2. The molecule has 2 atom stereocenters. The second kappa shape index (κ2) is 14.6. The molecule has 1 unspecified atom stereocenters. The molecule has 0 spiro atoms. The van der Waals surface area contributed by atoms with Gasteiger partial charge in [-0.1, -0.05) is 42.5 Å². The van der Waals surface area contributed by atoms with Gasteiger partial charge in [-0.25, -0.2) is 17.1 Å². The molecule has 4 fully saturated rings. The number of carbonyl (C=O) groups excluding carboxylic acids is 1. The number of halogens is 1. The monoisotopic (exact) mass is 720 g/mol. The minimum atomic E-state index is -3.19. The van der Waals surface area contributed by atoms with Gasteiger partial charge >= 0.3 is 0 Å². The van der Waals surface area contributed by atoms with Gasteiger partial charge in [-0.3, -0.25) is 14.6 Å². The number of rotatable bonds is 10. The maximum Gasteiger partial charge on any atom is 0.257 e. The summed E-state index contributed by atoms with van der Waals surface area (Å²) in [5, 5.41) is 4.35. The van der Waals surface area contributed by atoms with E-state index < -0.39 is 10.0 Å². The quantitative estimate of drug-likeness (QED) is 0.284. The van der Waals surface area contributed by atoms with Crippen LogP contribution in [-0.4, -0.2) is 106 Å². The smallest absolute Gasteiger partial charge is 0.257 e. The molecule has 1 saturated carbocycles. The van der Waals surface area contributed by atoms with E-state index in [9.17, 15) is 17.6 Å². The highest BCUT2D eigenvalue weighted by molar-refractivity contribution is 7.90. The zero-order valence-electron chi connectivity index (χ0n) is 30.5. The third kappa shape index (κ3) is 7.47. The Kier molecular flexibility index (Phi) is 10.3. The predicted molar refractivity (Wildman–Crippen MR) is 195 cm³/mol. The van der Waals surface area contributed by atoms with Gasteiger partial charge in [0.05, 0.1) is 22.2 Å². The first-order valence-corrected chi connectivity index (χ1v) is 20.2. The van der Waals surface area contributed by atoms with E-state index in [2.05, 4.69) is 28.7 Å². The summed E-state index contributed by atoms with van der Waals surface area (Å²) in [5.41, 5.74) is 3.99. The number of amides is 1. The fourth-order valence-electron chi connectivity index (χ4n) is 8.75. The summed E-state index contributed by atoms with van der Waals surface area (Å²) in [4.78, 5) is 28.4. The lowest BCUT2D eigenvalue weighted by Crippen LogP contribution is -2.63. The summed E-state index contributed by atoms with van der Waals surface area (Å²) in [6.07, 6.45) is 4.86. The molecule has 3 saturated heterocycles. The predicted octanol–water partition coefficient (Wildman–Crippen LogP) is 5.21. The molecule has 276 valence electrons. The molecule has 0 N–H and O–H groups in total.